The molecule has 19 heteroatoms. The Hall–Kier alpha value is -19.9. The molecule has 19 nitrogen and oxygen atoms in total. The predicted octanol–water partition coefficient (Wildman–Crippen LogP) is 30.2. The first-order valence-corrected chi connectivity index (χ1v) is 46.9. The third kappa shape index (κ3) is 15.5. The van der Waals surface area contributed by atoms with Crippen LogP contribution in [0.5, 0.6) is 0 Å². The van der Waals surface area contributed by atoms with Crippen LogP contribution in [0.4, 0.5) is 0 Å². The van der Waals surface area contributed by atoms with Crippen molar-refractivity contribution in [3.63, 3.8) is 0 Å². The molecule has 0 amide bonds. The van der Waals surface area contributed by atoms with Crippen molar-refractivity contribution in [3.05, 3.63) is 449 Å². The van der Waals surface area contributed by atoms with Crippen LogP contribution in [0.1, 0.15) is 0 Å². The molecule has 0 bridgehead atoms. The number of pyridine rings is 5. The molecule has 0 radical (unpaired) electrons. The van der Waals surface area contributed by atoms with Crippen LogP contribution in [0.25, 0.3) is 278 Å². The lowest BCUT2D eigenvalue weighted by Crippen LogP contribution is -2.00. The fraction of sp³-hybridized carbons (Fsp3) is 0. The van der Waals surface area contributed by atoms with E-state index in [1.54, 1.807) is 0 Å². The highest BCUT2D eigenvalue weighted by atomic mass is 16.6. The summed E-state index contributed by atoms with van der Waals surface area (Å²) in [5, 5.41) is 36.8. The van der Waals surface area contributed by atoms with Crippen molar-refractivity contribution < 1.29 is 13.9 Å². The Morgan fingerprint density at radius 3 is 0.881 bits per heavy atom. The molecule has 0 aliphatic heterocycles. The minimum Gasteiger partial charge on any atom is -0.247 e. The first kappa shape index (κ1) is 83.7. The van der Waals surface area contributed by atoms with Crippen molar-refractivity contribution in [2.24, 2.45) is 0 Å². The maximum Gasteiger partial charge on any atom is 0.164 e. The Balaban J connectivity index is 0.000000110. The summed E-state index contributed by atoms with van der Waals surface area (Å²) in [6.07, 6.45) is 0. The van der Waals surface area contributed by atoms with Crippen molar-refractivity contribution in [2.75, 3.05) is 0 Å². The molecule has 0 aliphatic rings. The second-order valence-electron chi connectivity index (χ2n) is 34.8. The highest BCUT2D eigenvalue weighted by Crippen LogP contribution is 2.48. The van der Waals surface area contributed by atoms with E-state index in [1.165, 1.54) is 0 Å². The highest BCUT2D eigenvalue weighted by molar-refractivity contribution is 6.28. The lowest BCUT2D eigenvalue weighted by molar-refractivity contribution is 0.316. The Morgan fingerprint density at radius 2 is 0.441 bits per heavy atom. The lowest BCUT2D eigenvalue weighted by Gasteiger charge is -2.15. The topological polar surface area (TPSA) is 246 Å². The Labute approximate surface area is 815 Å². The molecule has 10 aromatic heterocycles. The molecule has 0 atom stereocenters. The van der Waals surface area contributed by atoms with Gasteiger partial charge in [-0.15, -0.1) is 0 Å². The van der Waals surface area contributed by atoms with E-state index in [0.29, 0.717) is 50.9 Å². The maximum absolute atomic E-state index is 5.48. The minimum atomic E-state index is 0.608. The van der Waals surface area contributed by atoms with Crippen molar-refractivity contribution in [3.8, 4) is 158 Å². The summed E-state index contributed by atoms with van der Waals surface area (Å²) < 4.78 is 15.9. The van der Waals surface area contributed by atoms with Gasteiger partial charge in [0.1, 0.15) is 33.1 Å². The molecular formula is C124H74N16O3. The molecule has 10 heterocycles. The lowest BCUT2D eigenvalue weighted by atomic mass is 9.91. The number of hydrogen-bond donors (Lipinski definition) is 0. The Kier molecular flexibility index (Phi) is 21.0. The summed E-state index contributed by atoms with van der Waals surface area (Å²) in [5.74, 6) is 2.56. The van der Waals surface area contributed by atoms with E-state index < -0.39 is 0 Å². The van der Waals surface area contributed by atoms with Crippen LogP contribution in [0.3, 0.4) is 0 Å². The molecular weight excluding hydrogens is 1760 g/mol. The van der Waals surface area contributed by atoms with E-state index in [9.17, 15) is 0 Å². The minimum absolute atomic E-state index is 0.608. The average Bonchev–Trinajstić information content (AvgIpc) is 1.72. The highest BCUT2D eigenvalue weighted by Gasteiger charge is 2.27. The fourth-order valence-corrected chi connectivity index (χ4v) is 19.5. The molecule has 0 saturated carbocycles. The summed E-state index contributed by atoms with van der Waals surface area (Å²) in [5.41, 5.74) is 31.7. The van der Waals surface area contributed by atoms with E-state index in [1.807, 2.05) is 231 Å². The molecule has 0 aliphatic carbocycles. The molecule has 18 aromatic carbocycles. The number of hydrogen-bond acceptors (Lipinski definition) is 19. The zero-order valence-corrected chi connectivity index (χ0v) is 76.1. The van der Waals surface area contributed by atoms with Gasteiger partial charge in [-0.25, -0.2) is 63.7 Å². The third-order valence-corrected chi connectivity index (χ3v) is 26.3. The van der Waals surface area contributed by atoms with Crippen molar-refractivity contribution >= 4 is 120 Å². The van der Waals surface area contributed by atoms with Crippen LogP contribution in [-0.4, -0.2) is 80.8 Å². The van der Waals surface area contributed by atoms with Gasteiger partial charge in [-0.3, -0.25) is 0 Å². The van der Waals surface area contributed by atoms with Crippen LogP contribution >= 0.6 is 0 Å². The van der Waals surface area contributed by atoms with E-state index in [-0.39, 0.29) is 0 Å². The van der Waals surface area contributed by atoms with Crippen LogP contribution in [0.2, 0.25) is 0 Å². The average molecular weight is 1840 g/mol. The molecule has 143 heavy (non-hydrogen) atoms. The summed E-state index contributed by atoms with van der Waals surface area (Å²) >= 11 is 0. The van der Waals surface area contributed by atoms with Crippen molar-refractivity contribution in [2.45, 2.75) is 0 Å². The van der Waals surface area contributed by atoms with E-state index in [0.717, 1.165) is 227 Å². The van der Waals surface area contributed by atoms with E-state index >= 15 is 0 Å². The second kappa shape index (κ2) is 36.0. The van der Waals surface area contributed by atoms with Crippen molar-refractivity contribution in [1.82, 2.24) is 80.8 Å². The van der Waals surface area contributed by atoms with E-state index in [4.69, 9.17) is 63.7 Å². The molecule has 0 unspecified atom stereocenters. The SMILES string of the molecule is c1ccc(-c2cc(-c3ccc(-c4cccc5nc(-c6ccccc6)c6ccc7nonc7c6c45)cc3)nc(-c3ccccc3)n2)cc1.c1ccc(-c2ccc3ccc4ccc(-c5cccc6nc(-c7ccccc7)c7cc(-c8ccccc8)c8nonc8c7c56)nc4c3n2)cc1.c1ccc(-c2nc(-c3ccccc3)nc(-c3ccc(-c4cccc5nc(-c6ccccc6)c6ccc7nonc7c6c45)cc3)n2)cc1. The number of fused-ring (bicyclic) bond motifs is 18. The van der Waals surface area contributed by atoms with Gasteiger partial charge in [0.2, 0.25) is 0 Å². The monoisotopic (exact) mass is 1830 g/mol. The first-order chi connectivity index (χ1) is 70.9. The molecule has 0 spiro atoms. The normalized spacial score (nSPS) is 11.5. The molecule has 0 saturated heterocycles. The molecule has 0 fully saturated rings. The summed E-state index contributed by atoms with van der Waals surface area (Å²) in [7, 11) is 0. The smallest absolute Gasteiger partial charge is 0.164 e. The first-order valence-electron chi connectivity index (χ1n) is 46.9. The standard InChI is InChI=1S/C43H25N5O.C41H25N5O.C40H24N6O/c1-4-11-26(12-5-1)32-25-33-38(43-42(32)47-49-48-43)37-31(17-10-18-36(37)46-39(33)28-15-8-3-9-16-28)35-24-22-30-20-19-29-21-23-34(27-13-6-2-7-14-27)44-40(29)41(30)45-35;1-4-11-27(12-5-1)35-25-36(44-41(43-35)30-15-8-3-9-16-30)28-21-19-26(20-22-28)31-17-10-18-33-37(31)38-32(23-24-34-40(38)46-47-45-34)39(42-33)29-13-6-2-7-14-29;1-4-11-26(12-5-1)36-31-23-24-33-37(46-47-45-33)35(31)34-30(17-10-18-32(34)41-36)25-19-21-29(22-20-25)40-43-38(27-13-6-2-7-14-27)42-39(44-40)28-15-8-3-9-16-28/h1-25H;1-25H;1-24H. The summed E-state index contributed by atoms with van der Waals surface area (Å²) in [6.45, 7) is 0. The second-order valence-corrected chi connectivity index (χ2v) is 34.8. The number of rotatable bonds is 14. The predicted molar refractivity (Wildman–Crippen MR) is 570 cm³/mol. The quantitative estimate of drug-likeness (QED) is 0.0918. The van der Waals surface area contributed by atoms with Gasteiger partial charge < -0.3 is 0 Å². The number of nitrogens with zero attached hydrogens (tertiary/aromatic N) is 16. The van der Waals surface area contributed by atoms with Gasteiger partial charge in [0.25, 0.3) is 0 Å². The van der Waals surface area contributed by atoms with Gasteiger partial charge in [0, 0.05) is 126 Å². The van der Waals surface area contributed by atoms with Crippen LogP contribution in [0, 0.1) is 0 Å². The van der Waals surface area contributed by atoms with Gasteiger partial charge >= 0.3 is 0 Å². The summed E-state index contributed by atoms with van der Waals surface area (Å²) in [6, 6.07) is 152. The molecule has 668 valence electrons. The fourth-order valence-electron chi connectivity index (χ4n) is 19.5. The number of benzene rings is 18. The number of aromatic nitrogens is 16. The maximum atomic E-state index is 5.48. The Morgan fingerprint density at radius 1 is 0.140 bits per heavy atom. The van der Waals surface area contributed by atoms with Crippen LogP contribution in [0.15, 0.2) is 463 Å². The van der Waals surface area contributed by atoms with Crippen LogP contribution in [-0.2, 0) is 0 Å². The van der Waals surface area contributed by atoms with Crippen LogP contribution < -0.4 is 0 Å². The van der Waals surface area contributed by atoms with Gasteiger partial charge in [-0.2, -0.15) is 0 Å². The molecule has 28 aromatic rings. The Bertz CT molecular complexity index is 9270. The van der Waals surface area contributed by atoms with Gasteiger partial charge in [0.05, 0.1) is 67.4 Å². The zero-order chi connectivity index (χ0) is 94.6. The largest absolute Gasteiger partial charge is 0.247 e. The van der Waals surface area contributed by atoms with Crippen molar-refractivity contribution in [1.29, 1.82) is 0 Å². The van der Waals surface area contributed by atoms with Gasteiger partial charge in [-0.05, 0) is 125 Å². The van der Waals surface area contributed by atoms with Gasteiger partial charge in [0.15, 0.2) is 23.3 Å². The summed E-state index contributed by atoms with van der Waals surface area (Å²) in [4.78, 5) is 50.8. The van der Waals surface area contributed by atoms with E-state index in [2.05, 4.69) is 249 Å². The molecule has 0 N–H and O–H groups in total. The molecule has 28 rings (SSSR count). The van der Waals surface area contributed by atoms with Gasteiger partial charge in [-0.1, -0.05) is 382 Å². The third-order valence-electron chi connectivity index (χ3n) is 26.3. The zero-order valence-electron chi connectivity index (χ0n) is 76.1.